The summed E-state index contributed by atoms with van der Waals surface area (Å²) in [5.41, 5.74) is 0.730. The molecule has 0 saturated carbocycles. The van der Waals surface area contributed by atoms with E-state index in [9.17, 15) is 26.4 Å². The molecule has 1 aromatic carbocycles. The van der Waals surface area contributed by atoms with Gasteiger partial charge in [0.1, 0.15) is 5.69 Å². The first kappa shape index (κ1) is 22.9. The van der Waals surface area contributed by atoms with Gasteiger partial charge in [-0.2, -0.15) is 17.5 Å². The molecular formula is C22H19F3N4O3S. The molecule has 1 fully saturated rings. The van der Waals surface area contributed by atoms with Crippen LogP contribution in [-0.4, -0.2) is 59.7 Å². The molecule has 1 saturated heterocycles. The van der Waals surface area contributed by atoms with Crippen LogP contribution in [0.25, 0.3) is 11.3 Å². The van der Waals surface area contributed by atoms with Gasteiger partial charge in [0, 0.05) is 44.1 Å². The zero-order chi connectivity index (χ0) is 23.6. The van der Waals surface area contributed by atoms with Crippen molar-refractivity contribution < 1.29 is 26.4 Å². The van der Waals surface area contributed by atoms with E-state index in [1.165, 1.54) is 11.1 Å². The molecule has 1 amide bonds. The predicted octanol–water partition coefficient (Wildman–Crippen LogP) is 3.31. The summed E-state index contributed by atoms with van der Waals surface area (Å²) in [6, 6.07) is 12.2. The van der Waals surface area contributed by atoms with Gasteiger partial charge in [-0.1, -0.05) is 6.07 Å². The average Bonchev–Trinajstić information content (AvgIpc) is 2.84. The number of piperazine rings is 1. The Morgan fingerprint density at radius 1 is 0.879 bits per heavy atom. The van der Waals surface area contributed by atoms with Crippen molar-refractivity contribution in [1.82, 2.24) is 19.2 Å². The van der Waals surface area contributed by atoms with Gasteiger partial charge in [0.05, 0.1) is 16.2 Å². The first-order valence-electron chi connectivity index (χ1n) is 10.0. The lowest BCUT2D eigenvalue weighted by molar-refractivity contribution is -0.137. The van der Waals surface area contributed by atoms with E-state index in [1.54, 1.807) is 24.4 Å². The van der Waals surface area contributed by atoms with Crippen LogP contribution in [0.3, 0.4) is 0 Å². The van der Waals surface area contributed by atoms with Crippen molar-refractivity contribution in [3.05, 3.63) is 78.2 Å². The number of rotatable bonds is 4. The number of carbonyl (C=O) groups excluding carboxylic acids is 1. The molecule has 4 rings (SSSR count). The van der Waals surface area contributed by atoms with E-state index in [0.717, 1.165) is 34.1 Å². The second-order valence-corrected chi connectivity index (χ2v) is 9.30. The Hall–Kier alpha value is -3.31. The molecule has 11 heteroatoms. The summed E-state index contributed by atoms with van der Waals surface area (Å²) in [6.07, 6.45) is -1.38. The lowest BCUT2D eigenvalue weighted by atomic mass is 10.1. The van der Waals surface area contributed by atoms with Crippen LogP contribution in [0.2, 0.25) is 0 Å². The molecule has 0 aliphatic carbocycles. The van der Waals surface area contributed by atoms with Crippen LogP contribution in [0.5, 0.6) is 0 Å². The molecule has 0 radical (unpaired) electrons. The van der Waals surface area contributed by atoms with Gasteiger partial charge in [0.25, 0.3) is 5.91 Å². The SMILES string of the molecule is O=C(c1cc(-c2ccccn2)ccn1)N1CCN(S(=O)(=O)c2ccc(C(F)(F)F)cc2)CC1. The summed E-state index contributed by atoms with van der Waals surface area (Å²) >= 11 is 0. The number of nitrogens with zero attached hydrogens (tertiary/aromatic N) is 4. The van der Waals surface area contributed by atoms with Gasteiger partial charge in [0.2, 0.25) is 10.0 Å². The van der Waals surface area contributed by atoms with Crippen LogP contribution in [-0.2, 0) is 16.2 Å². The van der Waals surface area contributed by atoms with Crippen LogP contribution in [0.1, 0.15) is 16.1 Å². The fraction of sp³-hybridized carbons (Fsp3) is 0.227. The van der Waals surface area contributed by atoms with Crippen molar-refractivity contribution >= 4 is 15.9 Å². The van der Waals surface area contributed by atoms with Gasteiger partial charge in [0.15, 0.2) is 0 Å². The molecule has 0 atom stereocenters. The minimum Gasteiger partial charge on any atom is -0.335 e. The lowest BCUT2D eigenvalue weighted by Gasteiger charge is -2.33. The number of pyridine rings is 2. The van der Waals surface area contributed by atoms with Crippen molar-refractivity contribution in [2.45, 2.75) is 11.1 Å². The minimum atomic E-state index is -4.55. The van der Waals surface area contributed by atoms with Gasteiger partial charge >= 0.3 is 6.18 Å². The first-order valence-corrected chi connectivity index (χ1v) is 11.4. The van der Waals surface area contributed by atoms with Crippen LogP contribution < -0.4 is 0 Å². The maximum absolute atomic E-state index is 12.9. The molecule has 2 aromatic heterocycles. The number of sulfonamides is 1. The Kier molecular flexibility index (Phi) is 6.17. The third-order valence-corrected chi connectivity index (χ3v) is 7.20. The Labute approximate surface area is 188 Å². The number of alkyl halides is 3. The average molecular weight is 476 g/mol. The maximum Gasteiger partial charge on any atom is 0.416 e. The van der Waals surface area contributed by atoms with E-state index >= 15 is 0 Å². The summed E-state index contributed by atoms with van der Waals surface area (Å²) in [7, 11) is -3.98. The number of hydrogen-bond acceptors (Lipinski definition) is 5. The highest BCUT2D eigenvalue weighted by atomic mass is 32.2. The van der Waals surface area contributed by atoms with Crippen molar-refractivity contribution in [1.29, 1.82) is 0 Å². The number of halogens is 3. The highest BCUT2D eigenvalue weighted by Crippen LogP contribution is 2.30. The maximum atomic E-state index is 12.9. The summed E-state index contributed by atoms with van der Waals surface area (Å²) < 4.78 is 65.0. The molecule has 0 unspecified atom stereocenters. The van der Waals surface area contributed by atoms with E-state index in [2.05, 4.69) is 9.97 Å². The quantitative estimate of drug-likeness (QED) is 0.577. The predicted molar refractivity (Wildman–Crippen MR) is 114 cm³/mol. The Morgan fingerprint density at radius 3 is 2.18 bits per heavy atom. The zero-order valence-electron chi connectivity index (χ0n) is 17.2. The molecule has 1 aliphatic rings. The molecule has 0 N–H and O–H groups in total. The highest BCUT2D eigenvalue weighted by Gasteiger charge is 2.33. The van der Waals surface area contributed by atoms with Gasteiger partial charge in [-0.05, 0) is 48.5 Å². The molecule has 0 bridgehead atoms. The van der Waals surface area contributed by atoms with Gasteiger partial charge in [-0.3, -0.25) is 14.8 Å². The molecule has 3 heterocycles. The Bertz CT molecular complexity index is 1240. The fourth-order valence-electron chi connectivity index (χ4n) is 3.50. The van der Waals surface area contributed by atoms with Crippen molar-refractivity contribution in [2.75, 3.05) is 26.2 Å². The number of benzene rings is 1. The fourth-order valence-corrected chi connectivity index (χ4v) is 4.92. The standard InChI is InChI=1S/C22H19F3N4O3S/c23-22(24,25)17-4-6-18(7-5-17)33(31,32)29-13-11-28(12-14-29)21(30)20-15-16(8-10-27-20)19-3-1-2-9-26-19/h1-10,15H,11-14H2. The van der Waals surface area contributed by atoms with Crippen LogP contribution >= 0.6 is 0 Å². The van der Waals surface area contributed by atoms with E-state index in [-0.39, 0.29) is 42.7 Å². The Morgan fingerprint density at radius 2 is 1.58 bits per heavy atom. The van der Waals surface area contributed by atoms with Crippen LogP contribution in [0.15, 0.2) is 71.9 Å². The molecular weight excluding hydrogens is 457 g/mol. The molecule has 0 spiro atoms. The third kappa shape index (κ3) is 4.88. The van der Waals surface area contributed by atoms with Crippen molar-refractivity contribution in [2.24, 2.45) is 0 Å². The molecule has 7 nitrogen and oxygen atoms in total. The first-order chi connectivity index (χ1) is 15.7. The number of hydrogen-bond donors (Lipinski definition) is 0. The molecule has 3 aromatic rings. The minimum absolute atomic E-state index is 0.0228. The summed E-state index contributed by atoms with van der Waals surface area (Å²) in [5, 5.41) is 0. The molecule has 1 aliphatic heterocycles. The number of amides is 1. The summed E-state index contributed by atoms with van der Waals surface area (Å²) in [6.45, 7) is 0.312. The molecule has 172 valence electrons. The Balaban J connectivity index is 1.44. The van der Waals surface area contributed by atoms with Gasteiger partial charge in [-0.15, -0.1) is 0 Å². The van der Waals surface area contributed by atoms with E-state index < -0.39 is 21.8 Å². The monoisotopic (exact) mass is 476 g/mol. The van der Waals surface area contributed by atoms with Crippen molar-refractivity contribution in [3.63, 3.8) is 0 Å². The van der Waals surface area contributed by atoms with E-state index in [0.29, 0.717) is 5.69 Å². The zero-order valence-corrected chi connectivity index (χ0v) is 18.1. The lowest BCUT2D eigenvalue weighted by Crippen LogP contribution is -2.50. The van der Waals surface area contributed by atoms with Gasteiger partial charge < -0.3 is 4.90 Å². The number of aromatic nitrogens is 2. The van der Waals surface area contributed by atoms with Crippen LogP contribution in [0, 0.1) is 0 Å². The molecule has 33 heavy (non-hydrogen) atoms. The third-order valence-electron chi connectivity index (χ3n) is 5.28. The smallest absolute Gasteiger partial charge is 0.335 e. The van der Waals surface area contributed by atoms with Crippen LogP contribution in [0.4, 0.5) is 13.2 Å². The largest absolute Gasteiger partial charge is 0.416 e. The summed E-state index contributed by atoms with van der Waals surface area (Å²) in [4.78, 5) is 22.6. The second kappa shape index (κ2) is 8.91. The highest BCUT2D eigenvalue weighted by molar-refractivity contribution is 7.89. The van der Waals surface area contributed by atoms with Crippen molar-refractivity contribution in [3.8, 4) is 11.3 Å². The topological polar surface area (TPSA) is 83.5 Å². The van der Waals surface area contributed by atoms with E-state index in [4.69, 9.17) is 0 Å². The second-order valence-electron chi connectivity index (χ2n) is 7.36. The summed E-state index contributed by atoms with van der Waals surface area (Å²) in [5.74, 6) is -0.334. The van der Waals surface area contributed by atoms with E-state index in [1.807, 2.05) is 12.1 Å². The van der Waals surface area contributed by atoms with Gasteiger partial charge in [-0.25, -0.2) is 8.42 Å². The number of carbonyl (C=O) groups is 1. The normalized spacial score (nSPS) is 15.4.